The monoisotopic (exact) mass is 267 g/mol. The van der Waals surface area contributed by atoms with Gasteiger partial charge in [0.05, 0.1) is 12.6 Å². The molecule has 1 saturated heterocycles. The number of aliphatic hydroxyl groups excluding tert-OH is 1. The topological polar surface area (TPSA) is 40.5 Å². The molecule has 19 heavy (non-hydrogen) atoms. The zero-order valence-electron chi connectivity index (χ0n) is 10.4. The number of hydrogen-bond donors (Lipinski definition) is 1. The summed E-state index contributed by atoms with van der Waals surface area (Å²) in [5, 5.41) is 9.12. The smallest absolute Gasteiger partial charge is 0.246 e. The van der Waals surface area contributed by atoms with Crippen LogP contribution in [0.25, 0.3) is 6.08 Å². The molecule has 0 saturated carbocycles. The molecule has 1 aromatic rings. The van der Waals surface area contributed by atoms with E-state index in [2.05, 4.69) is 0 Å². The largest absolute Gasteiger partial charge is 0.394 e. The minimum absolute atomic E-state index is 0.0896. The van der Waals surface area contributed by atoms with Crippen molar-refractivity contribution in [2.45, 2.75) is 18.9 Å². The van der Waals surface area contributed by atoms with Crippen LogP contribution in [-0.2, 0) is 4.79 Å². The molecular weight excluding hydrogens is 252 g/mol. The third-order valence-electron chi connectivity index (χ3n) is 3.26. The molecule has 0 aromatic heterocycles. The van der Waals surface area contributed by atoms with Crippen LogP contribution in [0.4, 0.5) is 8.78 Å². The number of halogens is 2. The third-order valence-corrected chi connectivity index (χ3v) is 3.26. The molecule has 0 radical (unpaired) electrons. The van der Waals surface area contributed by atoms with Gasteiger partial charge in [-0.1, -0.05) is 6.07 Å². The van der Waals surface area contributed by atoms with Crippen LogP contribution in [0.2, 0.25) is 0 Å². The lowest BCUT2D eigenvalue weighted by Gasteiger charge is -2.21. The Kier molecular flexibility index (Phi) is 4.27. The summed E-state index contributed by atoms with van der Waals surface area (Å²) in [6, 6.07) is 3.35. The fourth-order valence-electron chi connectivity index (χ4n) is 2.24. The molecule has 1 heterocycles. The van der Waals surface area contributed by atoms with E-state index in [1.165, 1.54) is 11.0 Å². The van der Waals surface area contributed by atoms with Crippen molar-refractivity contribution in [2.75, 3.05) is 13.2 Å². The highest BCUT2D eigenvalue weighted by Crippen LogP contribution is 2.18. The van der Waals surface area contributed by atoms with Gasteiger partial charge in [0.15, 0.2) is 0 Å². The van der Waals surface area contributed by atoms with Gasteiger partial charge in [-0.15, -0.1) is 0 Å². The Morgan fingerprint density at radius 3 is 2.74 bits per heavy atom. The van der Waals surface area contributed by atoms with Crippen molar-refractivity contribution in [1.29, 1.82) is 0 Å². The summed E-state index contributed by atoms with van der Waals surface area (Å²) in [5.41, 5.74) is -0.226. The number of likely N-dealkylation sites (tertiary alicyclic amines) is 1. The zero-order valence-corrected chi connectivity index (χ0v) is 10.4. The summed E-state index contributed by atoms with van der Waals surface area (Å²) < 4.78 is 26.7. The highest BCUT2D eigenvalue weighted by Gasteiger charge is 2.26. The van der Waals surface area contributed by atoms with E-state index < -0.39 is 11.6 Å². The quantitative estimate of drug-likeness (QED) is 0.850. The molecule has 1 aliphatic heterocycles. The van der Waals surface area contributed by atoms with Crippen molar-refractivity contribution in [3.63, 3.8) is 0 Å². The van der Waals surface area contributed by atoms with Gasteiger partial charge in [-0.2, -0.15) is 0 Å². The first-order valence-electron chi connectivity index (χ1n) is 6.17. The number of aliphatic hydroxyl groups is 1. The first-order valence-corrected chi connectivity index (χ1v) is 6.17. The van der Waals surface area contributed by atoms with Gasteiger partial charge in [0.2, 0.25) is 5.91 Å². The molecular formula is C14H15F2NO2. The summed E-state index contributed by atoms with van der Waals surface area (Å²) in [5.74, 6) is -1.74. The molecule has 1 amide bonds. The highest BCUT2D eigenvalue weighted by molar-refractivity contribution is 5.92. The lowest BCUT2D eigenvalue weighted by molar-refractivity contribution is -0.127. The Balaban J connectivity index is 2.12. The molecule has 1 atom stereocenters. The van der Waals surface area contributed by atoms with Gasteiger partial charge in [0.1, 0.15) is 11.6 Å². The molecule has 5 heteroatoms. The predicted molar refractivity (Wildman–Crippen MR) is 67.2 cm³/mol. The summed E-state index contributed by atoms with van der Waals surface area (Å²) in [6.45, 7) is 0.474. The third kappa shape index (κ3) is 2.98. The Labute approximate surface area is 110 Å². The first-order chi connectivity index (χ1) is 9.13. The van der Waals surface area contributed by atoms with Crippen LogP contribution < -0.4 is 0 Å². The number of amides is 1. The molecule has 2 rings (SSSR count). The summed E-state index contributed by atoms with van der Waals surface area (Å²) in [6.07, 6.45) is 3.87. The van der Waals surface area contributed by atoms with E-state index in [1.807, 2.05) is 0 Å². The Hall–Kier alpha value is -1.75. The van der Waals surface area contributed by atoms with Crippen molar-refractivity contribution < 1.29 is 18.7 Å². The molecule has 1 aromatic carbocycles. The molecule has 3 nitrogen and oxygen atoms in total. The molecule has 1 fully saturated rings. The van der Waals surface area contributed by atoms with Crippen LogP contribution in [0, 0.1) is 11.6 Å². The summed E-state index contributed by atoms with van der Waals surface area (Å²) in [7, 11) is 0. The van der Waals surface area contributed by atoms with Crippen LogP contribution in [-0.4, -0.2) is 35.1 Å². The van der Waals surface area contributed by atoms with Gasteiger partial charge >= 0.3 is 0 Å². The second-order valence-corrected chi connectivity index (χ2v) is 4.48. The van der Waals surface area contributed by atoms with Gasteiger partial charge in [-0.25, -0.2) is 8.78 Å². The van der Waals surface area contributed by atoms with Crippen molar-refractivity contribution in [1.82, 2.24) is 4.90 Å². The van der Waals surface area contributed by atoms with Crippen LogP contribution in [0.3, 0.4) is 0 Å². The maximum absolute atomic E-state index is 13.4. The number of carbonyl (C=O) groups excluding carboxylic acids is 1. The van der Waals surface area contributed by atoms with Gasteiger partial charge < -0.3 is 10.0 Å². The van der Waals surface area contributed by atoms with E-state index in [4.69, 9.17) is 5.11 Å². The van der Waals surface area contributed by atoms with Gasteiger partial charge in [0.25, 0.3) is 0 Å². The number of nitrogens with zero attached hydrogens (tertiary/aromatic N) is 1. The minimum Gasteiger partial charge on any atom is -0.394 e. The molecule has 0 aliphatic carbocycles. The average molecular weight is 267 g/mol. The fourth-order valence-corrected chi connectivity index (χ4v) is 2.24. The standard InChI is InChI=1S/C14H15F2NO2/c15-12-4-1-5-13(16)11(12)6-7-14(19)17-8-2-3-10(17)9-18/h1,4-7,10,18H,2-3,8-9H2/b7-6+/t10-/m1/s1. The molecule has 0 unspecified atom stereocenters. The Morgan fingerprint density at radius 2 is 2.11 bits per heavy atom. The first kappa shape index (κ1) is 13.7. The van der Waals surface area contributed by atoms with Gasteiger partial charge in [0, 0.05) is 18.2 Å². The highest BCUT2D eigenvalue weighted by atomic mass is 19.1. The second kappa shape index (κ2) is 5.93. The Bertz CT molecular complexity index is 482. The summed E-state index contributed by atoms with van der Waals surface area (Å²) in [4.78, 5) is 13.4. The maximum atomic E-state index is 13.4. The Morgan fingerprint density at radius 1 is 1.42 bits per heavy atom. The van der Waals surface area contributed by atoms with Crippen molar-refractivity contribution >= 4 is 12.0 Å². The molecule has 102 valence electrons. The van der Waals surface area contributed by atoms with Gasteiger partial charge in [-0.3, -0.25) is 4.79 Å². The average Bonchev–Trinajstić information content (AvgIpc) is 2.86. The van der Waals surface area contributed by atoms with E-state index >= 15 is 0 Å². The minimum atomic E-state index is -0.704. The maximum Gasteiger partial charge on any atom is 0.246 e. The van der Waals surface area contributed by atoms with E-state index in [1.54, 1.807) is 0 Å². The SMILES string of the molecule is O=C(/C=C/c1c(F)cccc1F)N1CCC[C@@H]1CO. The van der Waals surface area contributed by atoms with Gasteiger partial charge in [-0.05, 0) is 31.1 Å². The lowest BCUT2D eigenvalue weighted by Crippen LogP contribution is -2.36. The van der Waals surface area contributed by atoms with E-state index in [0.717, 1.165) is 37.1 Å². The zero-order chi connectivity index (χ0) is 13.8. The number of benzene rings is 1. The summed E-state index contributed by atoms with van der Waals surface area (Å²) >= 11 is 0. The van der Waals surface area contributed by atoms with Crippen LogP contribution in [0.15, 0.2) is 24.3 Å². The number of carbonyl (C=O) groups is 1. The molecule has 1 N–H and O–H groups in total. The van der Waals surface area contributed by atoms with E-state index in [9.17, 15) is 13.6 Å². The van der Waals surface area contributed by atoms with Crippen molar-refractivity contribution in [3.8, 4) is 0 Å². The normalized spacial score (nSPS) is 19.3. The molecule has 0 bridgehead atoms. The lowest BCUT2D eigenvalue weighted by atomic mass is 10.2. The number of rotatable bonds is 3. The predicted octanol–water partition coefficient (Wildman–Crippen LogP) is 1.96. The second-order valence-electron chi connectivity index (χ2n) is 4.48. The van der Waals surface area contributed by atoms with E-state index in [0.29, 0.717) is 6.54 Å². The molecule has 0 spiro atoms. The van der Waals surface area contributed by atoms with E-state index in [-0.39, 0.29) is 24.1 Å². The van der Waals surface area contributed by atoms with Crippen molar-refractivity contribution in [2.24, 2.45) is 0 Å². The molecule has 1 aliphatic rings. The van der Waals surface area contributed by atoms with Crippen LogP contribution in [0.5, 0.6) is 0 Å². The van der Waals surface area contributed by atoms with Crippen molar-refractivity contribution in [3.05, 3.63) is 41.5 Å². The fraction of sp³-hybridized carbons (Fsp3) is 0.357. The number of hydrogen-bond acceptors (Lipinski definition) is 2. The van der Waals surface area contributed by atoms with Crippen LogP contribution in [0.1, 0.15) is 18.4 Å². The van der Waals surface area contributed by atoms with Crippen LogP contribution >= 0.6 is 0 Å².